The molecule has 1 aliphatic rings. The van der Waals surface area contributed by atoms with Gasteiger partial charge >= 0.3 is 0 Å². The van der Waals surface area contributed by atoms with E-state index in [1.807, 2.05) is 19.1 Å². The molecular formula is C14H21N3O3S. The van der Waals surface area contributed by atoms with Gasteiger partial charge in [-0.1, -0.05) is 6.92 Å². The van der Waals surface area contributed by atoms with Crippen LogP contribution in [-0.4, -0.2) is 51.7 Å². The standard InChI is InChI=1S/C14H21N3O3S/c1-2-11-21(19,20)15-13-3-5-14(6-4-13)17-9-7-16(12-18)8-10-17/h3-6,12,15H,2,7-11H2,1H3. The molecule has 0 unspecified atom stereocenters. The summed E-state index contributed by atoms with van der Waals surface area (Å²) in [4.78, 5) is 14.6. The maximum absolute atomic E-state index is 11.7. The highest BCUT2D eigenvalue weighted by molar-refractivity contribution is 7.92. The third-order valence-electron chi connectivity index (χ3n) is 3.44. The molecule has 0 aliphatic carbocycles. The number of rotatable bonds is 6. The number of nitrogens with one attached hydrogen (secondary N) is 1. The summed E-state index contributed by atoms with van der Waals surface area (Å²) in [6.07, 6.45) is 1.47. The van der Waals surface area contributed by atoms with E-state index < -0.39 is 10.0 Å². The maximum Gasteiger partial charge on any atom is 0.232 e. The van der Waals surface area contributed by atoms with E-state index in [1.165, 1.54) is 0 Å². The van der Waals surface area contributed by atoms with Crippen molar-refractivity contribution in [2.75, 3.05) is 41.6 Å². The van der Waals surface area contributed by atoms with Gasteiger partial charge in [-0.3, -0.25) is 9.52 Å². The monoisotopic (exact) mass is 311 g/mol. The summed E-state index contributed by atoms with van der Waals surface area (Å²) in [6.45, 7) is 4.85. The molecule has 1 heterocycles. The number of piperazine rings is 1. The Labute approximate surface area is 125 Å². The van der Waals surface area contributed by atoms with Crippen molar-refractivity contribution >= 4 is 27.8 Å². The lowest BCUT2D eigenvalue weighted by atomic mass is 10.2. The fourth-order valence-corrected chi connectivity index (χ4v) is 3.46. The molecule has 1 fully saturated rings. The normalized spacial score (nSPS) is 15.9. The summed E-state index contributed by atoms with van der Waals surface area (Å²) in [5, 5.41) is 0. The van der Waals surface area contributed by atoms with E-state index in [9.17, 15) is 13.2 Å². The van der Waals surface area contributed by atoms with E-state index in [2.05, 4.69) is 9.62 Å². The van der Waals surface area contributed by atoms with E-state index in [4.69, 9.17) is 0 Å². The van der Waals surface area contributed by atoms with Crippen LogP contribution in [-0.2, 0) is 14.8 Å². The van der Waals surface area contributed by atoms with Crippen LogP contribution < -0.4 is 9.62 Å². The Balaban J connectivity index is 1.98. The molecule has 7 heteroatoms. The van der Waals surface area contributed by atoms with Crippen molar-refractivity contribution in [1.29, 1.82) is 0 Å². The van der Waals surface area contributed by atoms with Crippen LogP contribution in [0.4, 0.5) is 11.4 Å². The van der Waals surface area contributed by atoms with E-state index in [0.717, 1.165) is 25.2 Å². The van der Waals surface area contributed by atoms with Crippen LogP contribution in [0, 0.1) is 0 Å². The lowest BCUT2D eigenvalue weighted by Gasteiger charge is -2.34. The minimum Gasteiger partial charge on any atom is -0.368 e. The first-order valence-corrected chi connectivity index (χ1v) is 8.74. The van der Waals surface area contributed by atoms with E-state index in [-0.39, 0.29) is 5.75 Å². The average molecular weight is 311 g/mol. The number of carbonyl (C=O) groups excluding carboxylic acids is 1. The van der Waals surface area contributed by atoms with Gasteiger partial charge in [-0.05, 0) is 30.7 Å². The smallest absolute Gasteiger partial charge is 0.232 e. The second-order valence-corrected chi connectivity index (χ2v) is 6.94. The molecule has 116 valence electrons. The van der Waals surface area contributed by atoms with Crippen LogP contribution in [0.15, 0.2) is 24.3 Å². The van der Waals surface area contributed by atoms with Crippen LogP contribution in [0.3, 0.4) is 0 Å². The zero-order chi connectivity index (χ0) is 15.3. The summed E-state index contributed by atoms with van der Waals surface area (Å²) in [5.74, 6) is 0.127. The Bertz CT molecular complexity index is 564. The molecule has 0 atom stereocenters. The van der Waals surface area contributed by atoms with Crippen molar-refractivity contribution in [3.05, 3.63) is 24.3 Å². The number of hydrogen-bond donors (Lipinski definition) is 1. The molecule has 1 aromatic rings. The van der Waals surface area contributed by atoms with Crippen LogP contribution in [0.5, 0.6) is 0 Å². The Morgan fingerprint density at radius 1 is 1.14 bits per heavy atom. The Morgan fingerprint density at radius 2 is 1.76 bits per heavy atom. The summed E-state index contributed by atoms with van der Waals surface area (Å²) in [7, 11) is -3.24. The van der Waals surface area contributed by atoms with Gasteiger partial charge in [0.2, 0.25) is 16.4 Å². The zero-order valence-electron chi connectivity index (χ0n) is 12.2. The molecular weight excluding hydrogens is 290 g/mol. The number of anilines is 2. The molecule has 0 saturated carbocycles. The number of sulfonamides is 1. The molecule has 2 rings (SSSR count). The molecule has 0 spiro atoms. The van der Waals surface area contributed by atoms with E-state index in [0.29, 0.717) is 25.2 Å². The van der Waals surface area contributed by atoms with Crippen LogP contribution in [0.2, 0.25) is 0 Å². The number of benzene rings is 1. The SMILES string of the molecule is CCCS(=O)(=O)Nc1ccc(N2CCN(C=O)CC2)cc1. The lowest BCUT2D eigenvalue weighted by molar-refractivity contribution is -0.118. The van der Waals surface area contributed by atoms with Crippen molar-refractivity contribution in [3.8, 4) is 0 Å². The molecule has 1 amide bonds. The molecule has 21 heavy (non-hydrogen) atoms. The van der Waals surface area contributed by atoms with Crippen LogP contribution >= 0.6 is 0 Å². The number of nitrogens with zero attached hydrogens (tertiary/aromatic N) is 2. The largest absolute Gasteiger partial charge is 0.368 e. The second kappa shape index (κ2) is 6.80. The number of hydrogen-bond acceptors (Lipinski definition) is 4. The maximum atomic E-state index is 11.7. The summed E-state index contributed by atoms with van der Waals surface area (Å²) in [5.41, 5.74) is 1.62. The lowest BCUT2D eigenvalue weighted by Crippen LogP contribution is -2.45. The molecule has 0 aromatic heterocycles. The van der Waals surface area contributed by atoms with Gasteiger partial charge in [0, 0.05) is 37.6 Å². The molecule has 1 saturated heterocycles. The molecule has 0 bridgehead atoms. The van der Waals surface area contributed by atoms with Gasteiger partial charge in [0.05, 0.1) is 5.75 Å². The predicted molar refractivity (Wildman–Crippen MR) is 84.0 cm³/mol. The summed E-state index contributed by atoms with van der Waals surface area (Å²) >= 11 is 0. The fraction of sp³-hybridized carbons (Fsp3) is 0.500. The first kappa shape index (κ1) is 15.6. The Hall–Kier alpha value is -1.76. The van der Waals surface area contributed by atoms with Crippen molar-refractivity contribution < 1.29 is 13.2 Å². The number of carbonyl (C=O) groups is 1. The van der Waals surface area contributed by atoms with Crippen molar-refractivity contribution in [1.82, 2.24) is 4.90 Å². The van der Waals surface area contributed by atoms with Gasteiger partial charge in [-0.25, -0.2) is 8.42 Å². The first-order chi connectivity index (χ1) is 10.0. The third kappa shape index (κ3) is 4.35. The third-order valence-corrected chi connectivity index (χ3v) is 4.93. The van der Waals surface area contributed by atoms with Gasteiger partial charge in [0.1, 0.15) is 0 Å². The topological polar surface area (TPSA) is 69.7 Å². The van der Waals surface area contributed by atoms with Crippen molar-refractivity contribution in [3.63, 3.8) is 0 Å². The van der Waals surface area contributed by atoms with Gasteiger partial charge in [-0.15, -0.1) is 0 Å². The molecule has 0 radical (unpaired) electrons. The summed E-state index contributed by atoms with van der Waals surface area (Å²) in [6, 6.07) is 7.35. The minimum atomic E-state index is -3.24. The molecule has 1 aliphatic heterocycles. The van der Waals surface area contributed by atoms with Crippen LogP contribution in [0.25, 0.3) is 0 Å². The highest BCUT2D eigenvalue weighted by atomic mass is 32.2. The second-order valence-electron chi connectivity index (χ2n) is 5.10. The van der Waals surface area contributed by atoms with E-state index >= 15 is 0 Å². The highest BCUT2D eigenvalue weighted by Gasteiger charge is 2.16. The molecule has 1 aromatic carbocycles. The average Bonchev–Trinajstić information content (AvgIpc) is 2.48. The zero-order valence-corrected chi connectivity index (χ0v) is 13.0. The van der Waals surface area contributed by atoms with Gasteiger partial charge in [-0.2, -0.15) is 0 Å². The molecule has 6 nitrogen and oxygen atoms in total. The Kier molecular flexibility index (Phi) is 5.06. The van der Waals surface area contributed by atoms with Crippen molar-refractivity contribution in [2.45, 2.75) is 13.3 Å². The summed E-state index contributed by atoms with van der Waals surface area (Å²) < 4.78 is 26.0. The minimum absolute atomic E-state index is 0.127. The fourth-order valence-electron chi connectivity index (χ4n) is 2.33. The quantitative estimate of drug-likeness (QED) is 0.799. The number of amides is 1. The van der Waals surface area contributed by atoms with E-state index in [1.54, 1.807) is 17.0 Å². The van der Waals surface area contributed by atoms with Gasteiger partial charge in [0.25, 0.3) is 0 Å². The Morgan fingerprint density at radius 3 is 2.29 bits per heavy atom. The van der Waals surface area contributed by atoms with Gasteiger partial charge in [0.15, 0.2) is 0 Å². The van der Waals surface area contributed by atoms with Crippen LogP contribution in [0.1, 0.15) is 13.3 Å². The molecule has 1 N–H and O–H groups in total. The predicted octanol–water partition coefficient (Wildman–Crippen LogP) is 1.12. The van der Waals surface area contributed by atoms with Crippen molar-refractivity contribution in [2.24, 2.45) is 0 Å². The highest BCUT2D eigenvalue weighted by Crippen LogP contribution is 2.20. The van der Waals surface area contributed by atoms with Gasteiger partial charge < -0.3 is 9.80 Å². The first-order valence-electron chi connectivity index (χ1n) is 7.09.